The van der Waals surface area contributed by atoms with E-state index >= 15 is 0 Å². The van der Waals surface area contributed by atoms with Crippen LogP contribution in [-0.2, 0) is 10.0 Å². The summed E-state index contributed by atoms with van der Waals surface area (Å²) in [5.41, 5.74) is 0.415. The van der Waals surface area contributed by atoms with Crippen LogP contribution < -0.4 is 5.14 Å². The lowest BCUT2D eigenvalue weighted by molar-refractivity contribution is 0.0683. The Morgan fingerprint density at radius 2 is 2.28 bits per heavy atom. The zero-order chi connectivity index (χ0) is 13.3. The molecule has 100 valence electrons. The van der Waals surface area contributed by atoms with Crippen molar-refractivity contribution in [1.29, 1.82) is 0 Å². The van der Waals surface area contributed by atoms with Crippen molar-refractivity contribution in [3.63, 3.8) is 0 Å². The number of hydrogen-bond donors (Lipinski definition) is 1. The predicted molar refractivity (Wildman–Crippen MR) is 70.0 cm³/mol. The van der Waals surface area contributed by atoms with E-state index in [-0.39, 0.29) is 10.1 Å². The van der Waals surface area contributed by atoms with E-state index in [2.05, 4.69) is 6.92 Å². The Morgan fingerprint density at radius 3 is 2.83 bits per heavy atom. The molecule has 0 aromatic carbocycles. The van der Waals surface area contributed by atoms with Crippen LogP contribution in [-0.4, -0.2) is 32.3 Å². The molecule has 7 heteroatoms. The average molecular weight is 288 g/mol. The topological polar surface area (TPSA) is 80.5 Å². The number of sulfonamides is 1. The summed E-state index contributed by atoms with van der Waals surface area (Å²) in [7, 11) is -3.71. The third-order valence-electron chi connectivity index (χ3n) is 3.05. The molecule has 5 nitrogen and oxygen atoms in total. The van der Waals surface area contributed by atoms with Gasteiger partial charge in [-0.3, -0.25) is 4.79 Å². The largest absolute Gasteiger partial charge is 0.338 e. The Balaban J connectivity index is 2.16. The van der Waals surface area contributed by atoms with Gasteiger partial charge in [-0.15, -0.1) is 11.3 Å². The summed E-state index contributed by atoms with van der Waals surface area (Å²) in [6.45, 7) is 3.59. The minimum absolute atomic E-state index is 0.0379. The molecule has 1 atom stereocenters. The van der Waals surface area contributed by atoms with Crippen LogP contribution in [0.3, 0.4) is 0 Å². The zero-order valence-electron chi connectivity index (χ0n) is 10.1. The molecule has 1 aliphatic heterocycles. The number of carbonyl (C=O) groups is 1. The fourth-order valence-electron chi connectivity index (χ4n) is 2.13. The van der Waals surface area contributed by atoms with Gasteiger partial charge in [-0.25, -0.2) is 13.6 Å². The number of thiophene rings is 1. The summed E-state index contributed by atoms with van der Waals surface area (Å²) in [5, 5.41) is 6.59. The van der Waals surface area contributed by atoms with Crippen molar-refractivity contribution in [1.82, 2.24) is 4.90 Å². The highest BCUT2D eigenvalue weighted by atomic mass is 32.2. The van der Waals surface area contributed by atoms with Gasteiger partial charge in [-0.05, 0) is 24.8 Å². The SMILES string of the molecule is C[C@H]1CCCN(C(=O)c2csc(S(N)(=O)=O)c2)C1. The fraction of sp³-hybridized carbons (Fsp3) is 0.545. The van der Waals surface area contributed by atoms with Crippen molar-refractivity contribution in [3.05, 3.63) is 17.0 Å². The molecule has 1 aromatic heterocycles. The second kappa shape index (κ2) is 4.99. The first kappa shape index (κ1) is 13.5. The molecule has 18 heavy (non-hydrogen) atoms. The summed E-state index contributed by atoms with van der Waals surface area (Å²) in [6, 6.07) is 1.36. The molecule has 1 saturated heterocycles. The summed E-state index contributed by atoms with van der Waals surface area (Å²) >= 11 is 0.989. The summed E-state index contributed by atoms with van der Waals surface area (Å²) in [5.74, 6) is 0.395. The van der Waals surface area contributed by atoms with Crippen molar-refractivity contribution in [2.24, 2.45) is 11.1 Å². The van der Waals surface area contributed by atoms with E-state index in [1.807, 2.05) is 0 Å². The second-order valence-corrected chi connectivity index (χ2v) is 7.40. The number of hydrogen-bond acceptors (Lipinski definition) is 4. The minimum Gasteiger partial charge on any atom is -0.338 e. The van der Waals surface area contributed by atoms with Crippen LogP contribution in [0.1, 0.15) is 30.1 Å². The van der Waals surface area contributed by atoms with E-state index in [0.29, 0.717) is 11.5 Å². The lowest BCUT2D eigenvalue weighted by Crippen LogP contribution is -2.38. The summed E-state index contributed by atoms with van der Waals surface area (Å²) in [6.07, 6.45) is 2.13. The molecule has 1 amide bonds. The van der Waals surface area contributed by atoms with Crippen LogP contribution in [0.5, 0.6) is 0 Å². The lowest BCUT2D eigenvalue weighted by atomic mass is 10.00. The highest BCUT2D eigenvalue weighted by molar-refractivity contribution is 7.91. The van der Waals surface area contributed by atoms with Gasteiger partial charge in [-0.1, -0.05) is 6.92 Å². The molecule has 1 fully saturated rings. The normalized spacial score (nSPS) is 21.0. The van der Waals surface area contributed by atoms with Gasteiger partial charge in [0.05, 0.1) is 5.56 Å². The number of nitrogens with two attached hydrogens (primary N) is 1. The number of amides is 1. The average Bonchev–Trinajstić information content (AvgIpc) is 2.77. The molecule has 0 bridgehead atoms. The number of primary sulfonamides is 1. The molecule has 0 unspecified atom stereocenters. The van der Waals surface area contributed by atoms with E-state index in [9.17, 15) is 13.2 Å². The number of nitrogens with zero attached hydrogens (tertiary/aromatic N) is 1. The Labute approximate surface area is 111 Å². The van der Waals surface area contributed by atoms with Crippen LogP contribution in [0.2, 0.25) is 0 Å². The fourth-order valence-corrected chi connectivity index (χ4v) is 3.71. The maximum Gasteiger partial charge on any atom is 0.254 e. The third-order valence-corrected chi connectivity index (χ3v) is 5.43. The van der Waals surface area contributed by atoms with Gasteiger partial charge in [0.1, 0.15) is 4.21 Å². The zero-order valence-corrected chi connectivity index (χ0v) is 11.8. The molecule has 0 aliphatic carbocycles. The van der Waals surface area contributed by atoms with Gasteiger partial charge < -0.3 is 4.90 Å². The number of rotatable bonds is 2. The quantitative estimate of drug-likeness (QED) is 0.889. The Kier molecular flexibility index (Phi) is 3.74. The van der Waals surface area contributed by atoms with Crippen LogP contribution >= 0.6 is 11.3 Å². The first-order valence-electron chi connectivity index (χ1n) is 5.78. The summed E-state index contributed by atoms with van der Waals surface area (Å²) in [4.78, 5) is 14.0. The van der Waals surface area contributed by atoms with Crippen LogP contribution in [0.4, 0.5) is 0 Å². The highest BCUT2D eigenvalue weighted by Gasteiger charge is 2.24. The highest BCUT2D eigenvalue weighted by Crippen LogP contribution is 2.22. The van der Waals surface area contributed by atoms with Gasteiger partial charge >= 0.3 is 0 Å². The Hall–Kier alpha value is -0.920. The maximum atomic E-state index is 12.2. The second-order valence-electron chi connectivity index (χ2n) is 4.70. The first-order chi connectivity index (χ1) is 8.38. The maximum absolute atomic E-state index is 12.2. The Morgan fingerprint density at radius 1 is 1.56 bits per heavy atom. The molecule has 0 radical (unpaired) electrons. The lowest BCUT2D eigenvalue weighted by Gasteiger charge is -2.30. The van der Waals surface area contributed by atoms with Crippen molar-refractivity contribution >= 4 is 27.3 Å². The number of piperidine rings is 1. The van der Waals surface area contributed by atoms with E-state index in [1.165, 1.54) is 6.07 Å². The van der Waals surface area contributed by atoms with Crippen molar-refractivity contribution in [3.8, 4) is 0 Å². The smallest absolute Gasteiger partial charge is 0.254 e. The molecular weight excluding hydrogens is 272 g/mol. The minimum atomic E-state index is -3.71. The molecule has 1 aromatic rings. The predicted octanol–water partition coefficient (Wildman–Crippen LogP) is 1.27. The monoisotopic (exact) mass is 288 g/mol. The molecule has 2 N–H and O–H groups in total. The van der Waals surface area contributed by atoms with Crippen molar-refractivity contribution in [2.75, 3.05) is 13.1 Å². The molecular formula is C11H16N2O3S2. The number of likely N-dealkylation sites (tertiary alicyclic amines) is 1. The van der Waals surface area contributed by atoms with Crippen molar-refractivity contribution < 1.29 is 13.2 Å². The molecule has 0 spiro atoms. The van der Waals surface area contributed by atoms with Crippen molar-refractivity contribution in [2.45, 2.75) is 24.0 Å². The molecule has 0 saturated carbocycles. The first-order valence-corrected chi connectivity index (χ1v) is 8.21. The van der Waals surface area contributed by atoms with Gasteiger partial charge in [0, 0.05) is 18.5 Å². The van der Waals surface area contributed by atoms with Gasteiger partial charge in [0.25, 0.3) is 5.91 Å². The van der Waals surface area contributed by atoms with Crippen LogP contribution in [0.25, 0.3) is 0 Å². The van der Waals surface area contributed by atoms with E-state index in [0.717, 1.165) is 37.3 Å². The van der Waals surface area contributed by atoms with E-state index < -0.39 is 10.0 Å². The van der Waals surface area contributed by atoms with E-state index in [1.54, 1.807) is 10.3 Å². The number of carbonyl (C=O) groups excluding carboxylic acids is 1. The standard InChI is InChI=1S/C11H16N2O3S2/c1-8-3-2-4-13(6-8)11(14)9-5-10(17-7-9)18(12,15)16/h5,7-8H,2-4,6H2,1H3,(H2,12,15,16)/t8-/m0/s1. The Bertz CT molecular complexity index is 550. The van der Waals surface area contributed by atoms with Gasteiger partial charge in [0.2, 0.25) is 10.0 Å². The van der Waals surface area contributed by atoms with Gasteiger partial charge in [0.15, 0.2) is 0 Å². The van der Waals surface area contributed by atoms with Gasteiger partial charge in [-0.2, -0.15) is 0 Å². The summed E-state index contributed by atoms with van der Waals surface area (Å²) < 4.78 is 22.4. The molecule has 2 rings (SSSR count). The van der Waals surface area contributed by atoms with Crippen LogP contribution in [0, 0.1) is 5.92 Å². The van der Waals surface area contributed by atoms with E-state index in [4.69, 9.17) is 5.14 Å². The van der Waals surface area contributed by atoms with Crippen LogP contribution in [0.15, 0.2) is 15.7 Å². The third kappa shape index (κ3) is 2.90. The molecule has 2 heterocycles. The molecule has 1 aliphatic rings.